The molecule has 0 unspecified atom stereocenters. The number of sulfonamides is 1. The Hall–Kier alpha value is -0.910. The van der Waals surface area contributed by atoms with Crippen molar-refractivity contribution in [2.45, 2.75) is 44.6 Å². The largest absolute Gasteiger partial charge is 0.377 e. The number of hydrogen-bond donors (Lipinski definition) is 1. The van der Waals surface area contributed by atoms with Crippen LogP contribution in [0.15, 0.2) is 29.2 Å². The lowest BCUT2D eigenvalue weighted by molar-refractivity contribution is 0.0834. The fourth-order valence-corrected chi connectivity index (χ4v) is 2.60. The van der Waals surface area contributed by atoms with E-state index >= 15 is 0 Å². The third-order valence-electron chi connectivity index (χ3n) is 2.70. The van der Waals surface area contributed by atoms with Crippen molar-refractivity contribution in [3.8, 4) is 0 Å². The maximum Gasteiger partial charge on any atom is 0.240 e. The van der Waals surface area contributed by atoms with Gasteiger partial charge in [-0.1, -0.05) is 26.0 Å². The van der Waals surface area contributed by atoms with Crippen LogP contribution in [0.3, 0.4) is 0 Å². The molecule has 1 rings (SSSR count). The lowest BCUT2D eigenvalue weighted by Gasteiger charge is -2.10. The third-order valence-corrected chi connectivity index (χ3v) is 4.18. The van der Waals surface area contributed by atoms with Crippen LogP contribution in [0.5, 0.6) is 0 Å². The first-order valence-electron chi connectivity index (χ1n) is 6.54. The van der Waals surface area contributed by atoms with Crippen LogP contribution >= 0.6 is 0 Å². The van der Waals surface area contributed by atoms with E-state index in [4.69, 9.17) is 4.74 Å². The summed E-state index contributed by atoms with van der Waals surface area (Å²) in [6, 6.07) is 6.98. The van der Waals surface area contributed by atoms with Gasteiger partial charge in [-0.15, -0.1) is 0 Å². The predicted octanol–water partition coefficient (Wildman–Crippen LogP) is 2.51. The normalized spacial score (nSPS) is 12.3. The predicted molar refractivity (Wildman–Crippen MR) is 76.8 cm³/mol. The standard InChI is InChI=1S/C14H23NO3S/c1-11(2)13-5-7-14(8-6-13)19(16,17)15-9-10-18-12(3)4/h5-8,11-12,15H,9-10H2,1-4H3. The summed E-state index contributed by atoms with van der Waals surface area (Å²) < 4.78 is 31.8. The molecule has 0 aromatic heterocycles. The van der Waals surface area contributed by atoms with Crippen molar-refractivity contribution in [3.05, 3.63) is 29.8 Å². The Morgan fingerprint density at radius 2 is 1.68 bits per heavy atom. The van der Waals surface area contributed by atoms with E-state index in [9.17, 15) is 8.42 Å². The van der Waals surface area contributed by atoms with Gasteiger partial charge in [0, 0.05) is 6.54 Å². The van der Waals surface area contributed by atoms with Gasteiger partial charge < -0.3 is 4.74 Å². The van der Waals surface area contributed by atoms with Gasteiger partial charge in [-0.25, -0.2) is 13.1 Å². The SMILES string of the molecule is CC(C)OCCNS(=O)(=O)c1ccc(C(C)C)cc1. The summed E-state index contributed by atoms with van der Waals surface area (Å²) in [4.78, 5) is 0.293. The highest BCUT2D eigenvalue weighted by atomic mass is 32.2. The van der Waals surface area contributed by atoms with Crippen molar-refractivity contribution >= 4 is 10.0 Å². The molecule has 1 aromatic carbocycles. The van der Waals surface area contributed by atoms with Crippen molar-refractivity contribution in [1.29, 1.82) is 0 Å². The maximum absolute atomic E-state index is 12.0. The molecule has 1 aromatic rings. The molecular formula is C14H23NO3S. The molecule has 0 aliphatic rings. The number of hydrogen-bond acceptors (Lipinski definition) is 3. The first-order valence-corrected chi connectivity index (χ1v) is 8.02. The lowest BCUT2D eigenvalue weighted by atomic mass is 10.0. The van der Waals surface area contributed by atoms with Gasteiger partial charge in [0.05, 0.1) is 17.6 Å². The molecule has 5 heteroatoms. The minimum Gasteiger partial charge on any atom is -0.377 e. The minimum atomic E-state index is -3.43. The van der Waals surface area contributed by atoms with Crippen LogP contribution in [-0.2, 0) is 14.8 Å². The second kappa shape index (κ2) is 7.03. The molecule has 4 nitrogen and oxygen atoms in total. The van der Waals surface area contributed by atoms with Crippen LogP contribution in [0.1, 0.15) is 39.2 Å². The van der Waals surface area contributed by atoms with Crippen molar-refractivity contribution in [2.24, 2.45) is 0 Å². The van der Waals surface area contributed by atoms with E-state index in [2.05, 4.69) is 18.6 Å². The summed E-state index contributed by atoms with van der Waals surface area (Å²) in [6.45, 7) is 8.64. The Kier molecular flexibility index (Phi) is 5.97. The van der Waals surface area contributed by atoms with Gasteiger partial charge in [0.1, 0.15) is 0 Å². The first-order chi connectivity index (χ1) is 8.83. The summed E-state index contributed by atoms with van der Waals surface area (Å²) in [6.07, 6.45) is 0.106. The topological polar surface area (TPSA) is 55.4 Å². The van der Waals surface area contributed by atoms with Crippen LogP contribution in [0.25, 0.3) is 0 Å². The third kappa shape index (κ3) is 5.30. The summed E-state index contributed by atoms with van der Waals surface area (Å²) in [5.41, 5.74) is 1.13. The highest BCUT2D eigenvalue weighted by Gasteiger charge is 2.13. The summed E-state index contributed by atoms with van der Waals surface area (Å²) in [5, 5.41) is 0. The Labute approximate surface area is 116 Å². The highest BCUT2D eigenvalue weighted by Crippen LogP contribution is 2.17. The van der Waals surface area contributed by atoms with Crippen molar-refractivity contribution < 1.29 is 13.2 Å². The average molecular weight is 285 g/mol. The van der Waals surface area contributed by atoms with E-state index in [1.165, 1.54) is 0 Å². The van der Waals surface area contributed by atoms with Gasteiger partial charge in [0.15, 0.2) is 0 Å². The van der Waals surface area contributed by atoms with Crippen molar-refractivity contribution in [3.63, 3.8) is 0 Å². The molecule has 0 amide bonds. The second-order valence-electron chi connectivity index (χ2n) is 5.04. The van der Waals surface area contributed by atoms with Gasteiger partial charge in [0.25, 0.3) is 0 Å². The summed E-state index contributed by atoms with van der Waals surface area (Å²) in [7, 11) is -3.43. The first kappa shape index (κ1) is 16.1. The summed E-state index contributed by atoms with van der Waals surface area (Å²) in [5.74, 6) is 0.393. The molecule has 1 N–H and O–H groups in total. The van der Waals surface area contributed by atoms with Crippen LogP contribution < -0.4 is 4.72 Å². The van der Waals surface area contributed by atoms with Crippen LogP contribution in [0.4, 0.5) is 0 Å². The second-order valence-corrected chi connectivity index (χ2v) is 6.81. The van der Waals surface area contributed by atoms with Gasteiger partial charge in [-0.3, -0.25) is 0 Å². The minimum absolute atomic E-state index is 0.106. The number of rotatable bonds is 7. The molecule has 0 heterocycles. The number of benzene rings is 1. The Morgan fingerprint density at radius 1 is 1.11 bits per heavy atom. The van der Waals surface area contributed by atoms with E-state index in [0.29, 0.717) is 17.4 Å². The van der Waals surface area contributed by atoms with E-state index < -0.39 is 10.0 Å². The van der Waals surface area contributed by atoms with E-state index in [0.717, 1.165) is 5.56 Å². The van der Waals surface area contributed by atoms with Gasteiger partial charge in [0.2, 0.25) is 10.0 Å². The van der Waals surface area contributed by atoms with Crippen LogP contribution in [-0.4, -0.2) is 27.7 Å². The molecule has 0 radical (unpaired) electrons. The molecule has 0 saturated carbocycles. The molecule has 108 valence electrons. The number of nitrogens with one attached hydrogen (secondary N) is 1. The molecule has 0 fully saturated rings. The fraction of sp³-hybridized carbons (Fsp3) is 0.571. The zero-order valence-electron chi connectivity index (χ0n) is 12.0. The lowest BCUT2D eigenvalue weighted by Crippen LogP contribution is -2.28. The Morgan fingerprint density at radius 3 is 2.16 bits per heavy atom. The molecule has 0 aliphatic carbocycles. The fourth-order valence-electron chi connectivity index (χ4n) is 1.59. The number of ether oxygens (including phenoxy) is 1. The smallest absolute Gasteiger partial charge is 0.240 e. The zero-order valence-corrected chi connectivity index (χ0v) is 12.8. The van der Waals surface area contributed by atoms with Crippen LogP contribution in [0.2, 0.25) is 0 Å². The molecule has 0 aliphatic heterocycles. The monoisotopic (exact) mass is 285 g/mol. The highest BCUT2D eigenvalue weighted by molar-refractivity contribution is 7.89. The van der Waals surface area contributed by atoms with Crippen LogP contribution in [0, 0.1) is 0 Å². The molecule has 0 spiro atoms. The molecule has 0 saturated heterocycles. The van der Waals surface area contributed by atoms with Gasteiger partial charge in [-0.05, 0) is 37.5 Å². The molecule has 0 bridgehead atoms. The molecule has 19 heavy (non-hydrogen) atoms. The van der Waals surface area contributed by atoms with Gasteiger partial charge in [-0.2, -0.15) is 0 Å². The van der Waals surface area contributed by atoms with E-state index in [-0.39, 0.29) is 12.6 Å². The average Bonchev–Trinajstić information content (AvgIpc) is 2.34. The molecule has 0 atom stereocenters. The maximum atomic E-state index is 12.0. The quantitative estimate of drug-likeness (QED) is 0.783. The Bertz CT molecular complexity index is 478. The zero-order chi connectivity index (χ0) is 14.5. The van der Waals surface area contributed by atoms with Gasteiger partial charge >= 0.3 is 0 Å². The van der Waals surface area contributed by atoms with E-state index in [1.807, 2.05) is 26.0 Å². The van der Waals surface area contributed by atoms with E-state index in [1.54, 1.807) is 12.1 Å². The molecular weight excluding hydrogens is 262 g/mol. The van der Waals surface area contributed by atoms with Crippen molar-refractivity contribution in [1.82, 2.24) is 4.72 Å². The van der Waals surface area contributed by atoms with Crippen molar-refractivity contribution in [2.75, 3.05) is 13.2 Å². The Balaban J connectivity index is 2.62. The summed E-state index contributed by atoms with van der Waals surface area (Å²) >= 11 is 0.